The van der Waals surface area contributed by atoms with Crippen molar-refractivity contribution in [2.75, 3.05) is 10.5 Å². The molecule has 2 aromatic carbocycles. The van der Waals surface area contributed by atoms with Gasteiger partial charge < -0.3 is 14.6 Å². The quantitative estimate of drug-likeness (QED) is 0.322. The van der Waals surface area contributed by atoms with Crippen LogP contribution in [0.2, 0.25) is 0 Å². The van der Waals surface area contributed by atoms with Crippen molar-refractivity contribution in [2.45, 2.75) is 24.3 Å². The van der Waals surface area contributed by atoms with Crippen LogP contribution >= 0.6 is 23.1 Å². The van der Waals surface area contributed by atoms with Gasteiger partial charge in [0.15, 0.2) is 0 Å². The molecular weight excluding hydrogens is 511 g/mol. The fraction of sp³-hybridized carbons (Fsp3) is 0.217. The van der Waals surface area contributed by atoms with Crippen molar-refractivity contribution in [3.05, 3.63) is 99.2 Å². The molecule has 3 aromatic rings. The van der Waals surface area contributed by atoms with E-state index in [0.717, 1.165) is 16.8 Å². The van der Waals surface area contributed by atoms with Crippen molar-refractivity contribution in [1.82, 2.24) is 10.0 Å². The molecule has 1 aliphatic heterocycles. The van der Waals surface area contributed by atoms with Crippen molar-refractivity contribution in [2.24, 2.45) is 0 Å². The summed E-state index contributed by atoms with van der Waals surface area (Å²) in [7, 11) is -3.56. The van der Waals surface area contributed by atoms with Crippen LogP contribution in [0.1, 0.15) is 21.4 Å². The third kappa shape index (κ3) is 7.17. The highest BCUT2D eigenvalue weighted by Crippen LogP contribution is 2.37. The second-order valence-electron chi connectivity index (χ2n) is 7.71. The van der Waals surface area contributed by atoms with Gasteiger partial charge in [-0.15, -0.1) is 23.1 Å². The third-order valence-electron chi connectivity index (χ3n) is 5.22. The summed E-state index contributed by atoms with van der Waals surface area (Å²) < 4.78 is 52.9. The van der Waals surface area contributed by atoms with E-state index in [1.165, 1.54) is 4.88 Å². The fourth-order valence-electron chi connectivity index (χ4n) is 3.55. The Kier molecular flexibility index (Phi) is 8.46. The number of hydrogen-bond donors (Lipinski definition) is 3. The lowest BCUT2D eigenvalue weighted by Crippen LogP contribution is -2.42. The lowest BCUT2D eigenvalue weighted by Gasteiger charge is -2.22. The molecule has 1 aliphatic rings. The Hall–Kier alpha value is -2.15. The minimum Gasteiger partial charge on any atom is -0.755 e. The molecule has 2 unspecified atom stereocenters. The molecular formula is C23H24N3O4S4-. The predicted octanol–water partition coefficient (Wildman–Crippen LogP) is 3.90. The van der Waals surface area contributed by atoms with Crippen LogP contribution in [0.25, 0.3) is 0 Å². The molecule has 3 atom stereocenters. The minimum atomic E-state index is -3.56. The van der Waals surface area contributed by atoms with Crippen molar-refractivity contribution in [1.29, 1.82) is 0 Å². The van der Waals surface area contributed by atoms with Crippen LogP contribution in [0.3, 0.4) is 0 Å². The van der Waals surface area contributed by atoms with Crippen LogP contribution in [0.15, 0.2) is 83.2 Å². The molecule has 2 heterocycles. The number of aryl methyl sites for hydroxylation is 1. The van der Waals surface area contributed by atoms with Crippen molar-refractivity contribution in [3.8, 4) is 0 Å². The maximum Gasteiger partial charge on any atom is 0.212 e. The molecule has 1 aromatic heterocycles. The Balaban J connectivity index is 1.48. The fourth-order valence-corrected chi connectivity index (χ4v) is 7.06. The van der Waals surface area contributed by atoms with Gasteiger partial charge in [0.05, 0.1) is 11.8 Å². The highest BCUT2D eigenvalue weighted by molar-refractivity contribution is 8.02. The van der Waals surface area contributed by atoms with Crippen LogP contribution in [-0.2, 0) is 34.1 Å². The number of nitrogens with one attached hydrogen (secondary N) is 3. The van der Waals surface area contributed by atoms with Crippen LogP contribution in [0.4, 0.5) is 5.69 Å². The van der Waals surface area contributed by atoms with Crippen LogP contribution in [-0.4, -0.2) is 29.0 Å². The first kappa shape index (κ1) is 25.0. The smallest absolute Gasteiger partial charge is 0.212 e. The van der Waals surface area contributed by atoms with Crippen LogP contribution in [0.5, 0.6) is 0 Å². The molecule has 11 heteroatoms. The molecule has 0 radical (unpaired) electrons. The highest BCUT2D eigenvalue weighted by Gasteiger charge is 2.28. The summed E-state index contributed by atoms with van der Waals surface area (Å²) >= 11 is 0.868. The Morgan fingerprint density at radius 3 is 2.47 bits per heavy atom. The monoisotopic (exact) mass is 534 g/mol. The summed E-state index contributed by atoms with van der Waals surface area (Å²) in [5.41, 5.74) is 3.11. The summed E-state index contributed by atoms with van der Waals surface area (Å²) in [5.74, 6) is -0.0134. The van der Waals surface area contributed by atoms with E-state index in [1.54, 1.807) is 47.4 Å². The largest absolute Gasteiger partial charge is 0.755 e. The van der Waals surface area contributed by atoms with E-state index in [4.69, 9.17) is 0 Å². The summed E-state index contributed by atoms with van der Waals surface area (Å²) in [6, 6.07) is 20.0. The molecule has 0 amide bonds. The van der Waals surface area contributed by atoms with Gasteiger partial charge in [0.2, 0.25) is 10.0 Å². The topological polar surface area (TPSA) is 110 Å². The standard InChI is InChI=1S/C23H25N3O4S4/c27-33(28)25-19-10-8-18(9-11-19)15-20(21-16-32-23(24-21)22-7-4-13-31-22)26-34(29,30)14-12-17-5-2-1-3-6-17/h1-11,13,16,20,23-26H,12,14-15H2,(H,27,28)/p-1/t20-,23?/m0/s1. The van der Waals surface area contributed by atoms with Gasteiger partial charge in [0.25, 0.3) is 0 Å². The van der Waals surface area contributed by atoms with Gasteiger partial charge >= 0.3 is 0 Å². The zero-order valence-corrected chi connectivity index (χ0v) is 21.3. The number of sulfonamides is 1. The molecule has 0 saturated carbocycles. The first-order valence-electron chi connectivity index (χ1n) is 10.5. The first-order chi connectivity index (χ1) is 16.4. The van der Waals surface area contributed by atoms with Gasteiger partial charge in [0, 0.05) is 27.5 Å². The summed E-state index contributed by atoms with van der Waals surface area (Å²) in [6.45, 7) is 0. The zero-order valence-electron chi connectivity index (χ0n) is 18.0. The minimum absolute atomic E-state index is 0.0134. The lowest BCUT2D eigenvalue weighted by molar-refractivity contribution is 0.542. The van der Waals surface area contributed by atoms with Gasteiger partial charge in [-0.1, -0.05) is 48.5 Å². The molecule has 0 bridgehead atoms. The van der Waals surface area contributed by atoms with Crippen molar-refractivity contribution < 1.29 is 17.2 Å². The highest BCUT2D eigenvalue weighted by atomic mass is 32.2. The Morgan fingerprint density at radius 2 is 1.79 bits per heavy atom. The summed E-state index contributed by atoms with van der Waals surface area (Å²) in [4.78, 5) is 1.17. The number of benzene rings is 2. The van der Waals surface area contributed by atoms with E-state index in [9.17, 15) is 17.2 Å². The molecule has 0 fully saturated rings. The number of thiophene rings is 1. The van der Waals surface area contributed by atoms with E-state index in [1.807, 2.05) is 47.2 Å². The SMILES string of the molecule is O=S([O-])Nc1ccc(C[C@H](NS(=O)(=O)CCc2ccccc2)C2=CSC(c3cccs3)N2)cc1. The second-order valence-corrected chi connectivity index (χ2v) is 12.2. The van der Waals surface area contributed by atoms with Gasteiger partial charge in [-0.3, -0.25) is 4.21 Å². The number of rotatable bonds is 11. The van der Waals surface area contributed by atoms with Gasteiger partial charge in [0.1, 0.15) is 5.37 Å². The predicted molar refractivity (Wildman–Crippen MR) is 139 cm³/mol. The van der Waals surface area contributed by atoms with E-state index in [-0.39, 0.29) is 11.1 Å². The number of thioether (sulfide) groups is 1. The van der Waals surface area contributed by atoms with Crippen molar-refractivity contribution >= 4 is 50.1 Å². The maximum absolute atomic E-state index is 13.0. The molecule has 0 aliphatic carbocycles. The average molecular weight is 535 g/mol. The van der Waals surface area contributed by atoms with Gasteiger partial charge in [-0.25, -0.2) is 13.1 Å². The molecule has 4 rings (SSSR count). The number of hydrogen-bond acceptors (Lipinski definition) is 7. The summed E-state index contributed by atoms with van der Waals surface area (Å²) in [6.07, 6.45) is 0.844. The zero-order chi connectivity index (χ0) is 24.0. The summed E-state index contributed by atoms with van der Waals surface area (Å²) in [5, 5.41) is 7.50. The van der Waals surface area contributed by atoms with E-state index >= 15 is 0 Å². The molecule has 0 saturated heterocycles. The Morgan fingerprint density at radius 1 is 1.03 bits per heavy atom. The first-order valence-corrected chi connectivity index (χ1v) is 15.1. The molecule has 3 N–H and O–H groups in total. The normalized spacial score (nSPS) is 17.6. The van der Waals surface area contributed by atoms with Crippen LogP contribution in [0, 0.1) is 0 Å². The van der Waals surface area contributed by atoms with Gasteiger partial charge in [-0.05, 0) is 53.0 Å². The maximum atomic E-state index is 13.0. The molecule has 0 spiro atoms. The molecule has 7 nitrogen and oxygen atoms in total. The van der Waals surface area contributed by atoms with E-state index < -0.39 is 27.3 Å². The van der Waals surface area contributed by atoms with Gasteiger partial charge in [-0.2, -0.15) is 0 Å². The second kappa shape index (κ2) is 11.5. The lowest BCUT2D eigenvalue weighted by atomic mass is 10.0. The molecule has 34 heavy (non-hydrogen) atoms. The Bertz CT molecular complexity index is 1230. The van der Waals surface area contributed by atoms with E-state index in [0.29, 0.717) is 18.5 Å². The van der Waals surface area contributed by atoms with Crippen molar-refractivity contribution in [3.63, 3.8) is 0 Å². The van der Waals surface area contributed by atoms with Crippen LogP contribution < -0.4 is 14.8 Å². The molecule has 180 valence electrons. The Labute approximate surface area is 210 Å². The third-order valence-corrected chi connectivity index (χ3v) is 9.13. The number of anilines is 1. The van der Waals surface area contributed by atoms with E-state index in [2.05, 4.69) is 20.8 Å². The average Bonchev–Trinajstić information content (AvgIpc) is 3.51.